The number of fused-ring (bicyclic) bond motifs is 1. The molecule has 0 aromatic heterocycles. The Balaban J connectivity index is 2.22. The fraction of sp³-hybridized carbons (Fsp3) is 0.353. The summed E-state index contributed by atoms with van der Waals surface area (Å²) in [6.07, 6.45) is 3.47. The number of benzene rings is 2. The predicted octanol–water partition coefficient (Wildman–Crippen LogP) is 4.61. The Morgan fingerprint density at radius 1 is 1.16 bits per heavy atom. The fourth-order valence-corrected chi connectivity index (χ4v) is 2.13. The van der Waals surface area contributed by atoms with Crippen LogP contribution in [0.1, 0.15) is 43.5 Å². The lowest BCUT2D eigenvalue weighted by Crippen LogP contribution is -1.98. The molecule has 0 heterocycles. The first kappa shape index (κ1) is 13.6. The summed E-state index contributed by atoms with van der Waals surface area (Å²) >= 11 is 0. The van der Waals surface area contributed by atoms with E-state index in [4.69, 9.17) is 4.74 Å². The third-order valence-corrected chi connectivity index (χ3v) is 3.25. The van der Waals surface area contributed by atoms with Crippen molar-refractivity contribution in [1.82, 2.24) is 0 Å². The fourth-order valence-electron chi connectivity index (χ4n) is 2.13. The maximum Gasteiger partial charge on any atom is 0.159 e. The summed E-state index contributed by atoms with van der Waals surface area (Å²) in [6, 6.07) is 11.7. The molecule has 100 valence electrons. The summed E-state index contributed by atoms with van der Waals surface area (Å²) in [6.45, 7) is 4.52. The van der Waals surface area contributed by atoms with Gasteiger partial charge in [-0.05, 0) is 36.9 Å². The van der Waals surface area contributed by atoms with Gasteiger partial charge < -0.3 is 4.74 Å². The van der Waals surface area contributed by atoms with Crippen LogP contribution in [0.2, 0.25) is 0 Å². The third kappa shape index (κ3) is 3.34. The van der Waals surface area contributed by atoms with Crippen LogP contribution in [0.3, 0.4) is 0 Å². The zero-order valence-electron chi connectivity index (χ0n) is 11.6. The van der Waals surface area contributed by atoms with Crippen molar-refractivity contribution >= 4 is 16.6 Å². The Bertz CT molecular complexity index is 572. The minimum Gasteiger partial charge on any atom is -0.493 e. The molecule has 0 unspecified atom stereocenters. The number of ether oxygens (including phenoxy) is 1. The van der Waals surface area contributed by atoms with Gasteiger partial charge in [-0.25, -0.2) is 0 Å². The van der Waals surface area contributed by atoms with Gasteiger partial charge in [0.25, 0.3) is 0 Å². The second kappa shape index (κ2) is 6.37. The van der Waals surface area contributed by atoms with E-state index < -0.39 is 0 Å². The zero-order valence-corrected chi connectivity index (χ0v) is 11.6. The van der Waals surface area contributed by atoms with Gasteiger partial charge >= 0.3 is 0 Å². The first-order valence-electron chi connectivity index (χ1n) is 6.89. The van der Waals surface area contributed by atoms with Crippen molar-refractivity contribution in [3.05, 3.63) is 42.0 Å². The van der Waals surface area contributed by atoms with Crippen LogP contribution >= 0.6 is 0 Å². The molecule has 0 aliphatic carbocycles. The lowest BCUT2D eigenvalue weighted by Gasteiger charge is -2.09. The minimum atomic E-state index is 0.0937. The van der Waals surface area contributed by atoms with Gasteiger partial charge in [0.2, 0.25) is 0 Å². The molecular formula is C17H20O2. The monoisotopic (exact) mass is 256 g/mol. The minimum absolute atomic E-state index is 0.0937. The second-order valence-corrected chi connectivity index (χ2v) is 4.80. The van der Waals surface area contributed by atoms with E-state index in [9.17, 15) is 4.79 Å². The summed E-state index contributed by atoms with van der Waals surface area (Å²) in [4.78, 5) is 11.4. The SMILES string of the molecule is CCCCCOc1cccc2cc(C(C)=O)ccc12. The summed E-state index contributed by atoms with van der Waals surface area (Å²) in [5.74, 6) is 1.000. The highest BCUT2D eigenvalue weighted by Gasteiger charge is 2.05. The van der Waals surface area contributed by atoms with Crippen LogP contribution < -0.4 is 4.74 Å². The van der Waals surface area contributed by atoms with E-state index in [1.165, 1.54) is 12.8 Å². The van der Waals surface area contributed by atoms with Crippen molar-refractivity contribution in [3.8, 4) is 5.75 Å². The predicted molar refractivity (Wildman–Crippen MR) is 79.0 cm³/mol. The maximum atomic E-state index is 11.4. The lowest BCUT2D eigenvalue weighted by molar-refractivity contribution is 0.101. The molecule has 0 spiro atoms. The standard InChI is InChI=1S/C17H20O2/c1-3-4-5-11-19-17-8-6-7-15-12-14(13(2)18)9-10-16(15)17/h6-10,12H,3-5,11H2,1-2H3. The van der Waals surface area contributed by atoms with Crippen LogP contribution in [0.15, 0.2) is 36.4 Å². The van der Waals surface area contributed by atoms with Crippen LogP contribution in [0, 0.1) is 0 Å². The zero-order chi connectivity index (χ0) is 13.7. The highest BCUT2D eigenvalue weighted by Crippen LogP contribution is 2.26. The summed E-state index contributed by atoms with van der Waals surface area (Å²) < 4.78 is 5.84. The van der Waals surface area contributed by atoms with E-state index in [2.05, 4.69) is 6.92 Å². The Morgan fingerprint density at radius 3 is 2.74 bits per heavy atom. The largest absolute Gasteiger partial charge is 0.493 e. The molecule has 0 saturated carbocycles. The summed E-state index contributed by atoms with van der Waals surface area (Å²) in [7, 11) is 0. The number of hydrogen-bond donors (Lipinski definition) is 0. The van der Waals surface area contributed by atoms with Crippen molar-refractivity contribution < 1.29 is 9.53 Å². The number of Topliss-reactive ketones (excluding diaryl/α,β-unsaturated/α-hetero) is 1. The quantitative estimate of drug-likeness (QED) is 0.557. The van der Waals surface area contributed by atoms with Crippen LogP contribution in [-0.4, -0.2) is 12.4 Å². The first-order valence-corrected chi connectivity index (χ1v) is 6.89. The number of hydrogen-bond acceptors (Lipinski definition) is 2. The van der Waals surface area contributed by atoms with E-state index >= 15 is 0 Å². The van der Waals surface area contributed by atoms with Gasteiger partial charge in [-0.2, -0.15) is 0 Å². The number of carbonyl (C=O) groups is 1. The highest BCUT2D eigenvalue weighted by atomic mass is 16.5. The molecule has 2 rings (SSSR count). The van der Waals surface area contributed by atoms with Gasteiger partial charge in [0.1, 0.15) is 5.75 Å². The molecule has 0 bridgehead atoms. The average Bonchev–Trinajstić information content (AvgIpc) is 2.43. The number of unbranched alkanes of at least 4 members (excludes halogenated alkanes) is 2. The summed E-state index contributed by atoms with van der Waals surface area (Å²) in [5.41, 5.74) is 0.746. The Labute approximate surface area is 114 Å². The molecule has 0 amide bonds. The van der Waals surface area contributed by atoms with Crippen molar-refractivity contribution in [3.63, 3.8) is 0 Å². The molecule has 0 fully saturated rings. The van der Waals surface area contributed by atoms with Crippen LogP contribution in [0.4, 0.5) is 0 Å². The number of rotatable bonds is 6. The third-order valence-electron chi connectivity index (χ3n) is 3.25. The highest BCUT2D eigenvalue weighted by molar-refractivity contribution is 5.99. The van der Waals surface area contributed by atoms with Gasteiger partial charge in [0.05, 0.1) is 6.61 Å². The topological polar surface area (TPSA) is 26.3 Å². The van der Waals surface area contributed by atoms with Gasteiger partial charge in [-0.3, -0.25) is 4.79 Å². The molecule has 0 atom stereocenters. The maximum absolute atomic E-state index is 11.4. The van der Waals surface area contributed by atoms with E-state index in [0.29, 0.717) is 0 Å². The Morgan fingerprint density at radius 2 is 2.00 bits per heavy atom. The van der Waals surface area contributed by atoms with Crippen LogP contribution in [0.5, 0.6) is 5.75 Å². The van der Waals surface area contributed by atoms with Crippen molar-refractivity contribution in [2.45, 2.75) is 33.1 Å². The van der Waals surface area contributed by atoms with E-state index in [1.807, 2.05) is 36.4 Å². The molecule has 2 aromatic rings. The van der Waals surface area contributed by atoms with Gasteiger partial charge in [0.15, 0.2) is 5.78 Å². The van der Waals surface area contributed by atoms with Crippen LogP contribution in [0.25, 0.3) is 10.8 Å². The van der Waals surface area contributed by atoms with E-state index in [1.54, 1.807) is 6.92 Å². The Hall–Kier alpha value is -1.83. The molecule has 0 N–H and O–H groups in total. The molecule has 2 nitrogen and oxygen atoms in total. The smallest absolute Gasteiger partial charge is 0.159 e. The molecule has 0 saturated heterocycles. The molecule has 2 heteroatoms. The van der Waals surface area contributed by atoms with Crippen molar-refractivity contribution in [1.29, 1.82) is 0 Å². The van der Waals surface area contributed by atoms with Crippen molar-refractivity contribution in [2.24, 2.45) is 0 Å². The lowest BCUT2D eigenvalue weighted by atomic mass is 10.0. The normalized spacial score (nSPS) is 10.6. The van der Waals surface area contributed by atoms with Gasteiger partial charge in [-0.1, -0.05) is 38.0 Å². The molecule has 0 radical (unpaired) electrons. The number of carbonyl (C=O) groups excluding carboxylic acids is 1. The average molecular weight is 256 g/mol. The molecule has 19 heavy (non-hydrogen) atoms. The molecule has 0 aliphatic heterocycles. The molecule has 2 aromatic carbocycles. The van der Waals surface area contributed by atoms with E-state index in [0.717, 1.165) is 35.1 Å². The van der Waals surface area contributed by atoms with Gasteiger partial charge in [-0.15, -0.1) is 0 Å². The first-order chi connectivity index (χ1) is 9.22. The molecule has 0 aliphatic rings. The molecular weight excluding hydrogens is 236 g/mol. The van der Waals surface area contributed by atoms with E-state index in [-0.39, 0.29) is 5.78 Å². The number of ketones is 1. The van der Waals surface area contributed by atoms with Gasteiger partial charge in [0, 0.05) is 10.9 Å². The van der Waals surface area contributed by atoms with Crippen LogP contribution in [-0.2, 0) is 0 Å². The summed E-state index contributed by atoms with van der Waals surface area (Å²) in [5, 5.41) is 2.13. The Kier molecular flexibility index (Phi) is 4.56. The van der Waals surface area contributed by atoms with Crippen molar-refractivity contribution in [2.75, 3.05) is 6.61 Å². The second-order valence-electron chi connectivity index (χ2n) is 4.80.